The summed E-state index contributed by atoms with van der Waals surface area (Å²) in [7, 11) is 0. The summed E-state index contributed by atoms with van der Waals surface area (Å²) in [6.07, 6.45) is 3.60. The predicted octanol–water partition coefficient (Wildman–Crippen LogP) is 2.95. The van der Waals surface area contributed by atoms with E-state index in [0.29, 0.717) is 24.0 Å². The second-order valence-electron chi connectivity index (χ2n) is 6.65. The summed E-state index contributed by atoms with van der Waals surface area (Å²) in [5, 5.41) is 9.58. The van der Waals surface area contributed by atoms with Gasteiger partial charge in [0.25, 0.3) is 5.91 Å². The molecule has 0 aromatic carbocycles. The molecule has 0 aliphatic carbocycles. The van der Waals surface area contributed by atoms with Gasteiger partial charge >= 0.3 is 0 Å². The smallest absolute Gasteiger partial charge is 0.263 e. The predicted molar refractivity (Wildman–Crippen MR) is 106 cm³/mol. The molecule has 6 nitrogen and oxygen atoms in total. The molecule has 1 amide bonds. The maximum Gasteiger partial charge on any atom is 0.263 e. The Kier molecular flexibility index (Phi) is 10.1. The van der Waals surface area contributed by atoms with Crippen molar-refractivity contribution in [2.24, 2.45) is 10.9 Å². The van der Waals surface area contributed by atoms with E-state index in [1.165, 1.54) is 24.2 Å². The van der Waals surface area contributed by atoms with E-state index >= 15 is 0 Å². The van der Waals surface area contributed by atoms with Crippen LogP contribution in [0.4, 0.5) is 0 Å². The van der Waals surface area contributed by atoms with Crippen molar-refractivity contribution in [2.45, 2.75) is 59.9 Å². The lowest BCUT2D eigenvalue weighted by Gasteiger charge is -2.18. The zero-order chi connectivity index (χ0) is 18.7. The van der Waals surface area contributed by atoms with Gasteiger partial charge < -0.3 is 16.0 Å². The third-order valence-electron chi connectivity index (χ3n) is 3.76. The number of hydrogen-bond donors (Lipinski definition) is 3. The molecule has 1 unspecified atom stereocenters. The molecule has 0 radical (unpaired) electrons. The van der Waals surface area contributed by atoms with Crippen LogP contribution in [0.25, 0.3) is 0 Å². The van der Waals surface area contributed by atoms with E-state index in [-0.39, 0.29) is 5.91 Å². The van der Waals surface area contributed by atoms with Crippen LogP contribution < -0.4 is 16.0 Å². The lowest BCUT2D eigenvalue weighted by molar-refractivity contribution is 0.0958. The highest BCUT2D eigenvalue weighted by molar-refractivity contribution is 7.11. The lowest BCUT2D eigenvalue weighted by atomic mass is 10.0. The molecule has 142 valence electrons. The Morgan fingerprint density at radius 1 is 1.28 bits per heavy atom. The Labute approximate surface area is 155 Å². The van der Waals surface area contributed by atoms with Gasteiger partial charge in [-0.2, -0.15) is 0 Å². The third-order valence-corrected chi connectivity index (χ3v) is 4.69. The summed E-state index contributed by atoms with van der Waals surface area (Å²) in [6.45, 7) is 12.5. The number of rotatable bonds is 10. The van der Waals surface area contributed by atoms with Gasteiger partial charge in [-0.3, -0.25) is 9.79 Å². The Balaban J connectivity index is 2.36. The van der Waals surface area contributed by atoms with E-state index in [1.807, 2.05) is 6.92 Å². The van der Waals surface area contributed by atoms with Crippen LogP contribution in [0.15, 0.2) is 10.5 Å². The van der Waals surface area contributed by atoms with Crippen molar-refractivity contribution in [3.05, 3.63) is 16.1 Å². The van der Waals surface area contributed by atoms with Crippen LogP contribution in [0.2, 0.25) is 0 Å². The van der Waals surface area contributed by atoms with Crippen molar-refractivity contribution in [3.8, 4) is 0 Å². The Hall–Kier alpha value is -1.63. The average molecular weight is 368 g/mol. The van der Waals surface area contributed by atoms with Gasteiger partial charge in [-0.05, 0) is 33.1 Å². The standard InChI is InChI=1S/C18H33N5OS/c1-6-19-18(23-14(4)9-7-8-13(2)3)21-11-10-20-17(24)16-15(5)22-12-25-16/h12-14H,6-11H2,1-5H3,(H,20,24)(H2,19,21,23). The fourth-order valence-electron chi connectivity index (χ4n) is 2.40. The number of amides is 1. The molecule has 0 saturated carbocycles. The molecule has 1 atom stereocenters. The van der Waals surface area contributed by atoms with Crippen LogP contribution in [-0.2, 0) is 0 Å². The van der Waals surface area contributed by atoms with Crippen LogP contribution in [0.1, 0.15) is 62.3 Å². The quantitative estimate of drug-likeness (QED) is 0.337. The third kappa shape index (κ3) is 8.86. The Morgan fingerprint density at radius 3 is 2.64 bits per heavy atom. The number of carbonyl (C=O) groups is 1. The average Bonchev–Trinajstić information content (AvgIpc) is 2.97. The molecule has 7 heteroatoms. The van der Waals surface area contributed by atoms with Gasteiger partial charge in [-0.15, -0.1) is 11.3 Å². The normalized spacial score (nSPS) is 13.0. The van der Waals surface area contributed by atoms with Crippen molar-refractivity contribution >= 4 is 23.2 Å². The molecule has 0 aliphatic rings. The van der Waals surface area contributed by atoms with Crippen molar-refractivity contribution in [2.75, 3.05) is 19.6 Å². The highest BCUT2D eigenvalue weighted by atomic mass is 32.1. The minimum absolute atomic E-state index is 0.0739. The second kappa shape index (κ2) is 11.8. The van der Waals surface area contributed by atoms with E-state index in [0.717, 1.165) is 30.5 Å². The fourth-order valence-corrected chi connectivity index (χ4v) is 3.11. The fraction of sp³-hybridized carbons (Fsp3) is 0.722. The Morgan fingerprint density at radius 2 is 2.04 bits per heavy atom. The molecule has 0 aliphatic heterocycles. The number of aromatic nitrogens is 1. The van der Waals surface area contributed by atoms with E-state index < -0.39 is 0 Å². The van der Waals surface area contributed by atoms with Crippen LogP contribution in [0.3, 0.4) is 0 Å². The summed E-state index contributed by atoms with van der Waals surface area (Å²) in [5.74, 6) is 1.48. The summed E-state index contributed by atoms with van der Waals surface area (Å²) < 4.78 is 0. The van der Waals surface area contributed by atoms with Gasteiger partial charge in [-0.1, -0.05) is 26.7 Å². The zero-order valence-electron chi connectivity index (χ0n) is 16.2. The highest BCUT2D eigenvalue weighted by Gasteiger charge is 2.10. The van der Waals surface area contributed by atoms with Gasteiger partial charge in [0, 0.05) is 19.1 Å². The minimum atomic E-state index is -0.0739. The zero-order valence-corrected chi connectivity index (χ0v) is 17.0. The number of hydrogen-bond acceptors (Lipinski definition) is 4. The second-order valence-corrected chi connectivity index (χ2v) is 7.51. The molecule has 1 heterocycles. The van der Waals surface area contributed by atoms with Crippen molar-refractivity contribution in [3.63, 3.8) is 0 Å². The first-order chi connectivity index (χ1) is 11.9. The summed E-state index contributed by atoms with van der Waals surface area (Å²) in [5.41, 5.74) is 2.47. The largest absolute Gasteiger partial charge is 0.357 e. The first kappa shape index (κ1) is 21.4. The molecular formula is C18H33N5OS. The van der Waals surface area contributed by atoms with E-state index in [4.69, 9.17) is 0 Å². The molecular weight excluding hydrogens is 334 g/mol. The topological polar surface area (TPSA) is 78.4 Å². The summed E-state index contributed by atoms with van der Waals surface area (Å²) in [4.78, 5) is 21.3. The lowest BCUT2D eigenvalue weighted by Crippen LogP contribution is -2.42. The number of aliphatic imine (C=N–C) groups is 1. The summed E-state index contributed by atoms with van der Waals surface area (Å²) in [6, 6.07) is 0.381. The molecule has 0 bridgehead atoms. The maximum absolute atomic E-state index is 12.0. The Bertz CT molecular complexity index is 541. The highest BCUT2D eigenvalue weighted by Crippen LogP contribution is 2.11. The number of carbonyl (C=O) groups excluding carboxylic acids is 1. The van der Waals surface area contributed by atoms with Crippen LogP contribution in [-0.4, -0.2) is 42.5 Å². The SMILES string of the molecule is CCNC(=NCCNC(=O)c1scnc1C)NC(C)CCCC(C)C. The number of nitrogens with zero attached hydrogens (tertiary/aromatic N) is 2. The molecule has 0 saturated heterocycles. The van der Waals surface area contributed by atoms with E-state index in [1.54, 1.807) is 5.51 Å². The van der Waals surface area contributed by atoms with E-state index in [9.17, 15) is 4.79 Å². The van der Waals surface area contributed by atoms with Crippen molar-refractivity contribution in [1.82, 2.24) is 20.9 Å². The molecule has 25 heavy (non-hydrogen) atoms. The minimum Gasteiger partial charge on any atom is -0.357 e. The molecule has 0 spiro atoms. The van der Waals surface area contributed by atoms with Gasteiger partial charge in [-0.25, -0.2) is 4.98 Å². The number of aryl methyl sites for hydroxylation is 1. The molecule has 3 N–H and O–H groups in total. The van der Waals surface area contributed by atoms with Gasteiger partial charge in [0.1, 0.15) is 4.88 Å². The van der Waals surface area contributed by atoms with E-state index in [2.05, 4.69) is 53.6 Å². The maximum atomic E-state index is 12.0. The van der Waals surface area contributed by atoms with Gasteiger partial charge in [0.05, 0.1) is 17.7 Å². The monoisotopic (exact) mass is 367 g/mol. The molecule has 1 aromatic rings. The number of guanidine groups is 1. The molecule has 0 fully saturated rings. The van der Waals surface area contributed by atoms with Gasteiger partial charge in [0.15, 0.2) is 5.96 Å². The molecule has 1 aromatic heterocycles. The first-order valence-electron chi connectivity index (χ1n) is 9.17. The van der Waals surface area contributed by atoms with Crippen LogP contribution >= 0.6 is 11.3 Å². The molecule has 1 rings (SSSR count). The van der Waals surface area contributed by atoms with Crippen LogP contribution in [0, 0.1) is 12.8 Å². The van der Waals surface area contributed by atoms with Crippen LogP contribution in [0.5, 0.6) is 0 Å². The van der Waals surface area contributed by atoms with Crippen molar-refractivity contribution < 1.29 is 4.79 Å². The number of nitrogens with one attached hydrogen (secondary N) is 3. The summed E-state index contributed by atoms with van der Waals surface area (Å²) >= 11 is 1.36. The first-order valence-corrected chi connectivity index (χ1v) is 10.0. The van der Waals surface area contributed by atoms with Crippen molar-refractivity contribution in [1.29, 1.82) is 0 Å². The number of thiazole rings is 1. The van der Waals surface area contributed by atoms with Gasteiger partial charge in [0.2, 0.25) is 0 Å².